The Morgan fingerprint density at radius 2 is 2.36 bits per heavy atom. The van der Waals surface area contributed by atoms with Gasteiger partial charge in [-0.3, -0.25) is 4.79 Å². The van der Waals surface area contributed by atoms with Crippen LogP contribution < -0.4 is 0 Å². The van der Waals surface area contributed by atoms with Gasteiger partial charge in [-0.15, -0.1) is 16.4 Å². The zero-order chi connectivity index (χ0) is 7.84. The average Bonchev–Trinajstić information content (AvgIpc) is 2.53. The number of aldehydes is 1. The first kappa shape index (κ1) is 7.15. The molecule has 0 aliphatic heterocycles. The second-order valence-electron chi connectivity index (χ2n) is 1.81. The molecule has 3 nitrogen and oxygen atoms in total. The lowest BCUT2D eigenvalue weighted by molar-refractivity contribution is 0.112. The summed E-state index contributed by atoms with van der Waals surface area (Å²) in [4.78, 5) is 11.6. The van der Waals surface area contributed by atoms with E-state index in [-0.39, 0.29) is 0 Å². The van der Waals surface area contributed by atoms with Crippen molar-refractivity contribution >= 4 is 50.3 Å². The number of hydrogen-bond donors (Lipinski definition) is 0. The molecule has 2 aromatic heterocycles. The van der Waals surface area contributed by atoms with Crippen LogP contribution in [0.1, 0.15) is 9.67 Å². The number of carbonyl (C=O) groups excluding carboxylic acids is 1. The fraction of sp³-hybridized carbons (Fsp3) is 0. The molecular weight excluding hydrogens is 204 g/mol. The highest BCUT2D eigenvalue weighted by atomic mass is 35.5. The molecule has 11 heavy (non-hydrogen) atoms. The van der Waals surface area contributed by atoms with Gasteiger partial charge in [-0.05, 0) is 11.5 Å². The molecule has 0 saturated heterocycles. The predicted molar refractivity (Wildman–Crippen MR) is 45.7 cm³/mol. The third-order valence-electron chi connectivity index (χ3n) is 1.19. The fourth-order valence-electron chi connectivity index (χ4n) is 0.720. The van der Waals surface area contributed by atoms with Crippen LogP contribution in [0.15, 0.2) is 0 Å². The van der Waals surface area contributed by atoms with Crippen LogP contribution in [0, 0.1) is 0 Å². The highest BCUT2D eigenvalue weighted by Crippen LogP contribution is 2.34. The molecule has 6 heteroatoms. The number of thiophene rings is 1. The number of nitrogens with zero attached hydrogens (tertiary/aromatic N) is 2. The van der Waals surface area contributed by atoms with Gasteiger partial charge in [0, 0.05) is 0 Å². The SMILES string of the molecule is O=Cc1sc2nnsc2c1Cl. The number of hydrogen-bond acceptors (Lipinski definition) is 5. The third kappa shape index (κ3) is 0.962. The lowest BCUT2D eigenvalue weighted by Crippen LogP contribution is -1.68. The quantitative estimate of drug-likeness (QED) is 0.669. The summed E-state index contributed by atoms with van der Waals surface area (Å²) in [6, 6.07) is 0. The minimum Gasteiger partial charge on any atom is -0.297 e. The summed E-state index contributed by atoms with van der Waals surface area (Å²) >= 11 is 8.28. The summed E-state index contributed by atoms with van der Waals surface area (Å²) in [6.45, 7) is 0. The molecular formula is C5HClN2OS2. The number of rotatable bonds is 1. The molecule has 2 heterocycles. The van der Waals surface area contributed by atoms with Crippen molar-refractivity contribution in [1.82, 2.24) is 9.59 Å². The van der Waals surface area contributed by atoms with Crippen LogP contribution >= 0.6 is 34.5 Å². The van der Waals surface area contributed by atoms with Crippen LogP contribution in [0.3, 0.4) is 0 Å². The van der Waals surface area contributed by atoms with E-state index in [9.17, 15) is 4.79 Å². The molecule has 0 spiro atoms. The lowest BCUT2D eigenvalue weighted by atomic mass is 10.5. The van der Waals surface area contributed by atoms with E-state index in [0.717, 1.165) is 15.8 Å². The van der Waals surface area contributed by atoms with Crippen molar-refractivity contribution in [2.24, 2.45) is 0 Å². The van der Waals surface area contributed by atoms with Gasteiger partial charge in [0.15, 0.2) is 11.1 Å². The van der Waals surface area contributed by atoms with Crippen molar-refractivity contribution in [3.05, 3.63) is 9.90 Å². The van der Waals surface area contributed by atoms with E-state index >= 15 is 0 Å². The first-order chi connectivity index (χ1) is 5.33. The van der Waals surface area contributed by atoms with Crippen molar-refractivity contribution in [2.45, 2.75) is 0 Å². The van der Waals surface area contributed by atoms with Crippen LogP contribution in [-0.4, -0.2) is 15.9 Å². The molecule has 0 aromatic carbocycles. The van der Waals surface area contributed by atoms with Crippen molar-refractivity contribution in [2.75, 3.05) is 0 Å². The second kappa shape index (κ2) is 2.51. The van der Waals surface area contributed by atoms with E-state index in [1.54, 1.807) is 0 Å². The molecule has 2 rings (SSSR count). The van der Waals surface area contributed by atoms with Crippen molar-refractivity contribution in [1.29, 1.82) is 0 Å². The van der Waals surface area contributed by atoms with Crippen LogP contribution in [0.25, 0.3) is 9.53 Å². The summed E-state index contributed by atoms with van der Waals surface area (Å²) in [5.41, 5.74) is 0. The Kier molecular flexibility index (Phi) is 1.63. The Morgan fingerprint density at radius 3 is 3.00 bits per heavy atom. The van der Waals surface area contributed by atoms with Gasteiger partial charge in [0.2, 0.25) is 0 Å². The first-order valence-electron chi connectivity index (χ1n) is 2.68. The lowest BCUT2D eigenvalue weighted by Gasteiger charge is -1.78. The van der Waals surface area contributed by atoms with Gasteiger partial charge in [0.25, 0.3) is 0 Å². The van der Waals surface area contributed by atoms with E-state index in [2.05, 4.69) is 9.59 Å². The molecule has 0 amide bonds. The average molecular weight is 205 g/mol. The molecule has 0 atom stereocenters. The molecule has 0 bridgehead atoms. The Balaban J connectivity index is 2.86. The summed E-state index contributed by atoms with van der Waals surface area (Å²) in [5, 5.41) is 4.27. The van der Waals surface area contributed by atoms with Gasteiger partial charge in [-0.25, -0.2) is 0 Å². The fourth-order valence-corrected chi connectivity index (χ4v) is 2.72. The zero-order valence-electron chi connectivity index (χ0n) is 5.07. The largest absolute Gasteiger partial charge is 0.297 e. The minimum atomic E-state index is 0.481. The number of aromatic nitrogens is 2. The maximum atomic E-state index is 10.4. The topological polar surface area (TPSA) is 42.9 Å². The molecule has 0 N–H and O–H groups in total. The van der Waals surface area contributed by atoms with Gasteiger partial charge in [-0.1, -0.05) is 16.1 Å². The summed E-state index contributed by atoms with van der Waals surface area (Å²) in [7, 11) is 0. The highest BCUT2D eigenvalue weighted by Gasteiger charge is 2.11. The number of halogens is 1. The van der Waals surface area contributed by atoms with Crippen molar-refractivity contribution < 1.29 is 4.79 Å². The molecule has 2 aromatic rings. The Morgan fingerprint density at radius 1 is 1.55 bits per heavy atom. The Hall–Kier alpha value is -0.520. The monoisotopic (exact) mass is 204 g/mol. The Labute approximate surface area is 74.8 Å². The van der Waals surface area contributed by atoms with E-state index < -0.39 is 0 Å². The van der Waals surface area contributed by atoms with Gasteiger partial charge in [0.1, 0.15) is 4.70 Å². The molecule has 0 unspecified atom stereocenters. The van der Waals surface area contributed by atoms with Gasteiger partial charge >= 0.3 is 0 Å². The molecule has 0 aliphatic rings. The minimum absolute atomic E-state index is 0.481. The van der Waals surface area contributed by atoms with Gasteiger partial charge < -0.3 is 0 Å². The Bertz CT molecular complexity index is 407. The highest BCUT2D eigenvalue weighted by molar-refractivity contribution is 7.26. The summed E-state index contributed by atoms with van der Waals surface area (Å²) < 4.78 is 4.50. The maximum absolute atomic E-state index is 10.4. The normalized spacial score (nSPS) is 10.6. The molecule has 0 aliphatic carbocycles. The van der Waals surface area contributed by atoms with Crippen LogP contribution in [0.5, 0.6) is 0 Å². The zero-order valence-corrected chi connectivity index (χ0v) is 7.46. The predicted octanol–water partition coefficient (Wildman–Crippen LogP) is 2.22. The molecule has 0 saturated carbocycles. The van der Waals surface area contributed by atoms with E-state index in [1.807, 2.05) is 0 Å². The van der Waals surface area contributed by atoms with Crippen molar-refractivity contribution in [3.63, 3.8) is 0 Å². The van der Waals surface area contributed by atoms with Crippen LogP contribution in [0.2, 0.25) is 5.02 Å². The van der Waals surface area contributed by atoms with Gasteiger partial charge in [0.05, 0.1) is 9.90 Å². The smallest absolute Gasteiger partial charge is 0.161 e. The van der Waals surface area contributed by atoms with Crippen molar-refractivity contribution in [3.8, 4) is 0 Å². The third-order valence-corrected chi connectivity index (χ3v) is 3.68. The molecule has 0 fully saturated rings. The van der Waals surface area contributed by atoms with Crippen LogP contribution in [0.4, 0.5) is 0 Å². The first-order valence-corrected chi connectivity index (χ1v) is 4.65. The number of carbonyl (C=O) groups is 1. The maximum Gasteiger partial charge on any atom is 0.161 e. The molecule has 0 radical (unpaired) electrons. The molecule has 56 valence electrons. The standard InChI is InChI=1S/C5HClN2OS2/c6-3-2(1-9)10-5-4(3)11-8-7-5/h1H. The van der Waals surface area contributed by atoms with Crippen LogP contribution in [-0.2, 0) is 0 Å². The summed E-state index contributed by atoms with van der Waals surface area (Å²) in [6.07, 6.45) is 0.737. The van der Waals surface area contributed by atoms with E-state index in [4.69, 9.17) is 11.6 Å². The summed E-state index contributed by atoms with van der Waals surface area (Å²) in [5.74, 6) is 0. The number of fused-ring (bicyclic) bond motifs is 1. The second-order valence-corrected chi connectivity index (χ2v) is 3.97. The van der Waals surface area contributed by atoms with E-state index in [1.165, 1.54) is 22.9 Å². The van der Waals surface area contributed by atoms with Gasteiger partial charge in [-0.2, -0.15) is 0 Å². The van der Waals surface area contributed by atoms with E-state index in [0.29, 0.717) is 9.90 Å².